The van der Waals surface area contributed by atoms with Crippen LogP contribution in [0.3, 0.4) is 0 Å². The molecule has 0 aliphatic carbocycles. The van der Waals surface area contributed by atoms with E-state index in [1.807, 2.05) is 0 Å². The Morgan fingerprint density at radius 3 is 1.88 bits per heavy atom. The first-order valence-corrected chi connectivity index (χ1v) is 5.97. The highest BCUT2D eigenvalue weighted by molar-refractivity contribution is 6.21. The van der Waals surface area contributed by atoms with Gasteiger partial charge in [-0.25, -0.2) is 0 Å². The molecule has 1 aliphatic rings. The van der Waals surface area contributed by atoms with Crippen molar-refractivity contribution in [3.05, 3.63) is 35.4 Å². The minimum atomic E-state index is -0.155. The molecule has 2 rings (SSSR count). The van der Waals surface area contributed by atoms with Gasteiger partial charge in [0.25, 0.3) is 11.8 Å². The van der Waals surface area contributed by atoms with Crippen LogP contribution in [0.1, 0.15) is 41.5 Å². The number of imide groups is 1. The second-order valence-corrected chi connectivity index (χ2v) is 4.99. The number of hydrogen-bond acceptors (Lipinski definition) is 2. The quantitative estimate of drug-likeness (QED) is 0.750. The van der Waals surface area contributed by atoms with Crippen LogP contribution in [0.4, 0.5) is 0 Å². The molecule has 0 radical (unpaired) electrons. The second kappa shape index (κ2) is 4.32. The highest BCUT2D eigenvalue weighted by atomic mass is 16.2. The lowest BCUT2D eigenvalue weighted by atomic mass is 9.98. The average Bonchev–Trinajstić information content (AvgIpc) is 2.55. The molecular formula is C14H17NO2. The summed E-state index contributed by atoms with van der Waals surface area (Å²) in [7, 11) is 0. The molecule has 1 heterocycles. The first-order valence-electron chi connectivity index (χ1n) is 5.97. The van der Waals surface area contributed by atoms with Gasteiger partial charge in [0.2, 0.25) is 0 Å². The van der Waals surface area contributed by atoms with Gasteiger partial charge in [0, 0.05) is 6.54 Å². The van der Waals surface area contributed by atoms with Crippen LogP contribution in [0, 0.1) is 11.8 Å². The van der Waals surface area contributed by atoms with E-state index < -0.39 is 0 Å². The van der Waals surface area contributed by atoms with Gasteiger partial charge in [-0.3, -0.25) is 14.5 Å². The molecule has 0 N–H and O–H groups in total. The summed E-state index contributed by atoms with van der Waals surface area (Å²) < 4.78 is 0. The SMILES string of the molecule is CC(C)[C@H](C)CN1C(=O)c2ccccc2C1=O. The van der Waals surface area contributed by atoms with Crippen molar-refractivity contribution >= 4 is 11.8 Å². The number of rotatable bonds is 3. The fourth-order valence-corrected chi connectivity index (χ4v) is 1.90. The minimum absolute atomic E-state index is 0.155. The summed E-state index contributed by atoms with van der Waals surface area (Å²) in [4.78, 5) is 25.5. The van der Waals surface area contributed by atoms with E-state index in [-0.39, 0.29) is 11.8 Å². The van der Waals surface area contributed by atoms with Crippen molar-refractivity contribution in [2.24, 2.45) is 11.8 Å². The molecule has 1 atom stereocenters. The molecule has 1 aliphatic heterocycles. The molecule has 0 aromatic heterocycles. The summed E-state index contributed by atoms with van der Waals surface area (Å²) in [5.41, 5.74) is 1.07. The minimum Gasteiger partial charge on any atom is -0.274 e. The van der Waals surface area contributed by atoms with E-state index in [9.17, 15) is 9.59 Å². The van der Waals surface area contributed by atoms with Gasteiger partial charge in [-0.2, -0.15) is 0 Å². The molecule has 3 nitrogen and oxygen atoms in total. The number of carbonyl (C=O) groups excluding carboxylic acids is 2. The third kappa shape index (κ3) is 1.97. The van der Waals surface area contributed by atoms with Gasteiger partial charge in [-0.15, -0.1) is 0 Å². The fraction of sp³-hybridized carbons (Fsp3) is 0.429. The normalized spacial score (nSPS) is 16.6. The molecular weight excluding hydrogens is 214 g/mol. The van der Waals surface area contributed by atoms with Crippen LogP contribution in [-0.2, 0) is 0 Å². The van der Waals surface area contributed by atoms with Gasteiger partial charge in [0.05, 0.1) is 11.1 Å². The monoisotopic (exact) mass is 231 g/mol. The van der Waals surface area contributed by atoms with Crippen LogP contribution in [0.25, 0.3) is 0 Å². The Kier molecular flexibility index (Phi) is 3.01. The van der Waals surface area contributed by atoms with Crippen LogP contribution in [0.5, 0.6) is 0 Å². The number of hydrogen-bond donors (Lipinski definition) is 0. The van der Waals surface area contributed by atoms with Crippen molar-refractivity contribution in [2.45, 2.75) is 20.8 Å². The highest BCUT2D eigenvalue weighted by Crippen LogP contribution is 2.24. The molecule has 0 unspecified atom stereocenters. The second-order valence-electron chi connectivity index (χ2n) is 4.99. The maximum Gasteiger partial charge on any atom is 0.261 e. The van der Waals surface area contributed by atoms with Crippen molar-refractivity contribution in [3.8, 4) is 0 Å². The molecule has 0 saturated heterocycles. The molecule has 2 amide bonds. The van der Waals surface area contributed by atoms with Gasteiger partial charge in [-0.1, -0.05) is 32.9 Å². The Hall–Kier alpha value is -1.64. The maximum absolute atomic E-state index is 12.1. The van der Waals surface area contributed by atoms with E-state index in [0.29, 0.717) is 29.5 Å². The van der Waals surface area contributed by atoms with Crippen molar-refractivity contribution in [3.63, 3.8) is 0 Å². The number of amides is 2. The summed E-state index contributed by atoms with van der Waals surface area (Å²) >= 11 is 0. The van der Waals surface area contributed by atoms with E-state index in [1.54, 1.807) is 24.3 Å². The first-order chi connectivity index (χ1) is 8.02. The van der Waals surface area contributed by atoms with Gasteiger partial charge in [0.15, 0.2) is 0 Å². The van der Waals surface area contributed by atoms with Gasteiger partial charge < -0.3 is 0 Å². The summed E-state index contributed by atoms with van der Waals surface area (Å²) in [5, 5.41) is 0. The van der Waals surface area contributed by atoms with E-state index in [2.05, 4.69) is 20.8 Å². The Labute approximate surface area is 101 Å². The summed E-state index contributed by atoms with van der Waals surface area (Å²) in [6.45, 7) is 6.77. The lowest BCUT2D eigenvalue weighted by Gasteiger charge is -2.21. The Morgan fingerprint density at radius 1 is 1.00 bits per heavy atom. The zero-order valence-electron chi connectivity index (χ0n) is 10.4. The van der Waals surface area contributed by atoms with Gasteiger partial charge >= 0.3 is 0 Å². The summed E-state index contributed by atoms with van der Waals surface area (Å²) in [6, 6.07) is 7.02. The Balaban J connectivity index is 2.25. The lowest BCUT2D eigenvalue weighted by Crippen LogP contribution is -2.35. The van der Waals surface area contributed by atoms with Gasteiger partial charge in [0.1, 0.15) is 0 Å². The molecule has 0 fully saturated rings. The van der Waals surface area contributed by atoms with Crippen LogP contribution < -0.4 is 0 Å². The average molecular weight is 231 g/mol. The smallest absolute Gasteiger partial charge is 0.261 e. The molecule has 3 heteroatoms. The Bertz CT molecular complexity index is 430. The van der Waals surface area contributed by atoms with Crippen LogP contribution in [-0.4, -0.2) is 23.3 Å². The molecule has 1 aromatic rings. The third-order valence-electron chi connectivity index (χ3n) is 3.49. The standard InChI is InChI=1S/C14H17NO2/c1-9(2)10(3)8-15-13(16)11-6-4-5-7-12(11)14(15)17/h4-7,9-10H,8H2,1-3H3/t10-/m1/s1. The van der Waals surface area contributed by atoms with Crippen molar-refractivity contribution in [2.75, 3.05) is 6.54 Å². The number of fused-ring (bicyclic) bond motifs is 1. The van der Waals surface area contributed by atoms with E-state index in [4.69, 9.17) is 0 Å². The van der Waals surface area contributed by atoms with Gasteiger partial charge in [-0.05, 0) is 24.0 Å². The predicted molar refractivity (Wildman–Crippen MR) is 65.8 cm³/mol. The summed E-state index contributed by atoms with van der Waals surface area (Å²) in [6.07, 6.45) is 0. The molecule has 0 spiro atoms. The molecule has 0 bridgehead atoms. The zero-order valence-corrected chi connectivity index (χ0v) is 10.4. The molecule has 0 saturated carbocycles. The molecule has 17 heavy (non-hydrogen) atoms. The number of carbonyl (C=O) groups is 2. The predicted octanol–water partition coefficient (Wildman–Crippen LogP) is 2.57. The van der Waals surface area contributed by atoms with E-state index in [0.717, 1.165) is 0 Å². The number of nitrogens with zero attached hydrogens (tertiary/aromatic N) is 1. The maximum atomic E-state index is 12.1. The van der Waals surface area contributed by atoms with Crippen molar-refractivity contribution in [1.29, 1.82) is 0 Å². The topological polar surface area (TPSA) is 37.4 Å². The lowest BCUT2D eigenvalue weighted by molar-refractivity contribution is 0.0621. The van der Waals surface area contributed by atoms with Crippen LogP contribution >= 0.6 is 0 Å². The van der Waals surface area contributed by atoms with Crippen molar-refractivity contribution in [1.82, 2.24) is 4.90 Å². The zero-order chi connectivity index (χ0) is 12.6. The molecule has 1 aromatic carbocycles. The Morgan fingerprint density at radius 2 is 1.47 bits per heavy atom. The van der Waals surface area contributed by atoms with Crippen LogP contribution in [0.15, 0.2) is 24.3 Å². The van der Waals surface area contributed by atoms with E-state index >= 15 is 0 Å². The largest absolute Gasteiger partial charge is 0.274 e. The highest BCUT2D eigenvalue weighted by Gasteiger charge is 2.35. The van der Waals surface area contributed by atoms with Crippen molar-refractivity contribution < 1.29 is 9.59 Å². The van der Waals surface area contributed by atoms with E-state index in [1.165, 1.54) is 4.90 Å². The first kappa shape index (κ1) is 11.8. The third-order valence-corrected chi connectivity index (χ3v) is 3.49. The molecule has 90 valence electrons. The van der Waals surface area contributed by atoms with Crippen LogP contribution in [0.2, 0.25) is 0 Å². The fourth-order valence-electron chi connectivity index (χ4n) is 1.90. The number of benzene rings is 1. The summed E-state index contributed by atoms with van der Waals surface area (Å²) in [5.74, 6) is 0.465.